The monoisotopic (exact) mass is 229 g/mol. The Morgan fingerprint density at radius 1 is 1.27 bits per heavy atom. The van der Waals surface area contributed by atoms with Gasteiger partial charge in [0, 0.05) is 14.4 Å². The van der Waals surface area contributed by atoms with Crippen LogP contribution in [0.15, 0.2) is 4.99 Å². The summed E-state index contributed by atoms with van der Waals surface area (Å²) >= 11 is 0. The summed E-state index contributed by atoms with van der Waals surface area (Å²) in [6.45, 7) is 6.87. The maximum atomic E-state index is 7.43. The largest absolute Gasteiger partial charge is 0.422 e. The second-order valence-corrected chi connectivity index (χ2v) is 7.86. The molecule has 0 amide bonds. The van der Waals surface area contributed by atoms with Crippen LogP contribution in [0.5, 0.6) is 0 Å². The maximum absolute atomic E-state index is 7.43. The molecule has 0 unspecified atom stereocenters. The average Bonchev–Trinajstić information content (AvgIpc) is 2.28. The number of hydrogen-bond donors (Lipinski definition) is 0. The van der Waals surface area contributed by atoms with Gasteiger partial charge in [-0.05, 0) is 20.8 Å². The predicted octanol–water partition coefficient (Wildman–Crippen LogP) is 2.88. The molecule has 0 aliphatic heterocycles. The Hall–Kier alpha value is -0.740. The van der Waals surface area contributed by atoms with Gasteiger partial charge in [-0.25, -0.2) is 0 Å². The van der Waals surface area contributed by atoms with Gasteiger partial charge < -0.3 is 15.1 Å². The van der Waals surface area contributed by atoms with E-state index in [-0.39, 0.29) is 0 Å². The molecule has 0 aliphatic carbocycles. The van der Waals surface area contributed by atoms with E-state index in [1.54, 1.807) is 0 Å². The van der Waals surface area contributed by atoms with Gasteiger partial charge in [0.25, 0.3) is 0 Å². The highest BCUT2D eigenvalue weighted by atomic mass is 31.2. The molecule has 0 radical (unpaired) electrons. The molecule has 0 heterocycles. The SMILES string of the molecule is CC[P+](CC)(CC)COC.N#CN=C=[N-]. The first-order valence-corrected chi connectivity index (χ1v) is 7.51. The van der Waals surface area contributed by atoms with E-state index in [1.807, 2.05) is 7.11 Å². The average molecular weight is 229 g/mol. The second kappa shape index (κ2) is 11.3. The summed E-state index contributed by atoms with van der Waals surface area (Å²) in [6, 6.07) is 1.28. The van der Waals surface area contributed by atoms with Crippen molar-refractivity contribution in [3.8, 4) is 6.19 Å². The molecule has 0 bridgehead atoms. The Bertz CT molecular complexity index is 219. The highest BCUT2D eigenvalue weighted by Crippen LogP contribution is 2.57. The first-order valence-electron chi connectivity index (χ1n) is 4.98. The molecule has 0 spiro atoms. The molecule has 0 aromatic carbocycles. The number of rotatable bonds is 5. The summed E-state index contributed by atoms with van der Waals surface area (Å²) in [5.41, 5.74) is 0. The molecule has 0 atom stereocenters. The molecular weight excluding hydrogens is 209 g/mol. The van der Waals surface area contributed by atoms with Crippen LogP contribution in [0.2, 0.25) is 0 Å². The van der Waals surface area contributed by atoms with Crippen molar-refractivity contribution in [3.05, 3.63) is 5.41 Å². The third-order valence-corrected chi connectivity index (χ3v) is 7.35. The molecule has 5 heteroatoms. The Kier molecular flexibility index (Phi) is 12.6. The van der Waals surface area contributed by atoms with Crippen LogP contribution < -0.4 is 0 Å². The smallest absolute Gasteiger partial charge is 0.156 e. The molecule has 0 aromatic heterocycles. The van der Waals surface area contributed by atoms with E-state index in [0.717, 1.165) is 6.35 Å². The standard InChI is InChI=1S/C8H20OP.C2N3/c1-5-10(6-2,7-3)8-9-4;3-1-5-2-4/h5-8H2,1-4H3;/q+1;-1. The Morgan fingerprint density at radius 2 is 1.73 bits per heavy atom. The number of aliphatic imine (C=N–C) groups is 1. The minimum absolute atomic E-state index is 0.661. The van der Waals surface area contributed by atoms with E-state index in [9.17, 15) is 0 Å². The van der Waals surface area contributed by atoms with E-state index >= 15 is 0 Å². The summed E-state index contributed by atoms with van der Waals surface area (Å²) in [6.07, 6.45) is 6.33. The summed E-state index contributed by atoms with van der Waals surface area (Å²) in [4.78, 5) is 2.58. The highest BCUT2D eigenvalue weighted by Gasteiger charge is 2.30. The Labute approximate surface area is 93.2 Å². The van der Waals surface area contributed by atoms with E-state index in [2.05, 4.69) is 25.8 Å². The molecule has 0 saturated heterocycles. The van der Waals surface area contributed by atoms with Crippen molar-refractivity contribution in [1.82, 2.24) is 0 Å². The number of ether oxygens (including phenoxy) is 1. The van der Waals surface area contributed by atoms with Crippen molar-refractivity contribution < 1.29 is 4.74 Å². The number of methoxy groups -OCH3 is 1. The van der Waals surface area contributed by atoms with Gasteiger partial charge in [-0.3, -0.25) is 0 Å². The van der Waals surface area contributed by atoms with E-state index in [4.69, 9.17) is 15.4 Å². The van der Waals surface area contributed by atoms with Crippen LogP contribution in [0.25, 0.3) is 5.41 Å². The lowest BCUT2D eigenvalue weighted by atomic mass is 10.9. The molecule has 0 fully saturated rings. The Morgan fingerprint density at radius 3 is 1.80 bits per heavy atom. The molecule has 0 aliphatic rings. The predicted molar refractivity (Wildman–Crippen MR) is 66.8 cm³/mol. The fraction of sp³-hybridized carbons (Fsp3) is 0.800. The number of nitriles is 1. The van der Waals surface area contributed by atoms with Crippen LogP contribution in [0.3, 0.4) is 0 Å². The minimum atomic E-state index is -0.661. The van der Waals surface area contributed by atoms with Crippen molar-refractivity contribution in [2.24, 2.45) is 4.99 Å². The van der Waals surface area contributed by atoms with Crippen molar-refractivity contribution in [3.63, 3.8) is 0 Å². The van der Waals surface area contributed by atoms with E-state index in [0.29, 0.717) is 0 Å². The van der Waals surface area contributed by atoms with Crippen LogP contribution >= 0.6 is 7.26 Å². The zero-order chi connectivity index (χ0) is 12.2. The number of hydrogen-bond acceptors (Lipinski definition) is 3. The van der Waals surface area contributed by atoms with Gasteiger partial charge in [0.2, 0.25) is 0 Å². The fourth-order valence-corrected chi connectivity index (χ4v) is 3.68. The number of nitrogens with zero attached hydrogens (tertiary/aromatic N) is 3. The van der Waals surface area contributed by atoms with E-state index < -0.39 is 7.26 Å². The van der Waals surface area contributed by atoms with Crippen molar-refractivity contribution >= 4 is 13.3 Å². The zero-order valence-electron chi connectivity index (χ0n) is 10.0. The van der Waals surface area contributed by atoms with Gasteiger partial charge in [0.1, 0.15) is 0 Å². The lowest BCUT2D eigenvalue weighted by Gasteiger charge is -2.21. The highest BCUT2D eigenvalue weighted by molar-refractivity contribution is 7.75. The van der Waals surface area contributed by atoms with Gasteiger partial charge in [-0.1, -0.05) is 0 Å². The fourth-order valence-electron chi connectivity index (χ4n) is 1.24. The van der Waals surface area contributed by atoms with Crippen molar-refractivity contribution in [1.29, 1.82) is 5.26 Å². The second-order valence-electron chi connectivity index (χ2n) is 3.02. The van der Waals surface area contributed by atoms with Crippen LogP contribution in [0.1, 0.15) is 20.8 Å². The quantitative estimate of drug-likeness (QED) is 0.413. The van der Waals surface area contributed by atoms with Gasteiger partial charge in [0.15, 0.2) is 6.35 Å². The van der Waals surface area contributed by atoms with Crippen molar-refractivity contribution in [2.45, 2.75) is 20.8 Å². The van der Waals surface area contributed by atoms with Crippen molar-refractivity contribution in [2.75, 3.05) is 31.9 Å². The lowest BCUT2D eigenvalue weighted by molar-refractivity contribution is 0.252. The van der Waals surface area contributed by atoms with E-state index in [1.165, 1.54) is 30.7 Å². The van der Waals surface area contributed by atoms with Crippen LogP contribution in [0.4, 0.5) is 0 Å². The van der Waals surface area contributed by atoms with Gasteiger partial charge in [0.05, 0.1) is 24.7 Å². The first kappa shape index (κ1) is 16.7. The van der Waals surface area contributed by atoms with Crippen LogP contribution in [-0.2, 0) is 4.74 Å². The molecule has 0 N–H and O–H groups in total. The summed E-state index contributed by atoms with van der Waals surface area (Å²) in [5.74, 6) is 0. The molecule has 0 saturated carbocycles. The molecule has 86 valence electrons. The molecule has 0 rings (SSSR count). The topological polar surface area (TPSA) is 67.7 Å². The molecule has 4 nitrogen and oxygen atoms in total. The van der Waals surface area contributed by atoms with Crippen LogP contribution in [-0.4, -0.2) is 38.0 Å². The molecular formula is C10H20N3OP. The van der Waals surface area contributed by atoms with Gasteiger partial charge >= 0.3 is 0 Å². The third-order valence-electron chi connectivity index (χ3n) is 2.52. The van der Waals surface area contributed by atoms with Gasteiger partial charge in [-0.15, -0.1) is 6.01 Å². The zero-order valence-corrected chi connectivity index (χ0v) is 10.9. The normalized spacial score (nSPS) is 9.27. The van der Waals surface area contributed by atoms with Crippen LogP contribution in [0, 0.1) is 11.5 Å². The summed E-state index contributed by atoms with van der Waals surface area (Å²) in [7, 11) is 1.15. The first-order chi connectivity index (χ1) is 7.16. The summed E-state index contributed by atoms with van der Waals surface area (Å²) in [5, 5.41) is 14.9. The molecule has 15 heavy (non-hydrogen) atoms. The summed E-state index contributed by atoms with van der Waals surface area (Å²) < 4.78 is 5.23. The lowest BCUT2D eigenvalue weighted by Crippen LogP contribution is -2.08. The molecule has 0 aromatic rings. The van der Waals surface area contributed by atoms with Gasteiger partial charge in [-0.2, -0.15) is 5.26 Å². The maximum Gasteiger partial charge on any atom is 0.156 e. The Balaban J connectivity index is 0. The third kappa shape index (κ3) is 8.27. The minimum Gasteiger partial charge on any atom is -0.422 e.